The van der Waals surface area contributed by atoms with Crippen LogP contribution in [0, 0.1) is 0 Å². The van der Waals surface area contributed by atoms with Gasteiger partial charge in [-0.1, -0.05) is 6.58 Å². The Kier molecular flexibility index (Phi) is 17.8. The molecule has 0 aliphatic heterocycles. The first-order valence-electron chi connectivity index (χ1n) is 6.33. The summed E-state index contributed by atoms with van der Waals surface area (Å²) >= 11 is 0. The number of hydrogen-bond acceptors (Lipinski definition) is 6. The highest BCUT2D eigenvalue weighted by Crippen LogP contribution is 1.95. The van der Waals surface area contributed by atoms with Gasteiger partial charge in [0.15, 0.2) is 0 Å². The number of aliphatic hydroxyl groups excluding tert-OH is 1. The van der Waals surface area contributed by atoms with Crippen LogP contribution in [0.3, 0.4) is 0 Å². The summed E-state index contributed by atoms with van der Waals surface area (Å²) in [7, 11) is 0. The average molecular weight is 352 g/mol. The zero-order valence-corrected chi connectivity index (χ0v) is 12.7. The Labute approximate surface area is 136 Å². The minimum atomic E-state index is -1.27. The summed E-state index contributed by atoms with van der Waals surface area (Å²) in [5, 5.41) is 47.8. The molecule has 0 heterocycles. The summed E-state index contributed by atoms with van der Waals surface area (Å²) in [6.07, 6.45) is -0.571. The summed E-state index contributed by atoms with van der Waals surface area (Å²) in [6.45, 7) is 2.75. The number of aliphatic hydroxyl groups is 1. The van der Waals surface area contributed by atoms with E-state index in [1.807, 2.05) is 0 Å². The fraction of sp³-hybridized carbons (Fsp3) is 0.462. The molecule has 0 unspecified atom stereocenters. The number of aliphatic carboxylic acids is 5. The van der Waals surface area contributed by atoms with Crippen molar-refractivity contribution in [3.8, 4) is 0 Å². The molecule has 11 heteroatoms. The predicted octanol–water partition coefficient (Wildman–Crippen LogP) is -0.119. The highest BCUT2D eigenvalue weighted by Gasteiger charge is 2.07. The van der Waals surface area contributed by atoms with Gasteiger partial charge in [-0.05, 0) is 6.42 Å². The fourth-order valence-corrected chi connectivity index (χ4v) is 0.745. The third kappa shape index (κ3) is 31.4. The van der Waals surface area contributed by atoms with Crippen molar-refractivity contribution in [2.45, 2.75) is 32.1 Å². The van der Waals surface area contributed by atoms with Crippen LogP contribution in [-0.2, 0) is 24.0 Å². The highest BCUT2D eigenvalue weighted by molar-refractivity contribution is 5.91. The van der Waals surface area contributed by atoms with E-state index in [0.717, 1.165) is 0 Å². The van der Waals surface area contributed by atoms with Gasteiger partial charge in [0, 0.05) is 18.4 Å². The van der Waals surface area contributed by atoms with E-state index in [4.69, 9.17) is 30.6 Å². The van der Waals surface area contributed by atoms with Gasteiger partial charge in [0.05, 0.1) is 19.4 Å². The first-order valence-corrected chi connectivity index (χ1v) is 6.33. The van der Waals surface area contributed by atoms with E-state index in [0.29, 0.717) is 0 Å². The molecule has 0 rings (SSSR count). The van der Waals surface area contributed by atoms with Gasteiger partial charge in [0.25, 0.3) is 0 Å². The maximum Gasteiger partial charge on any atom is 0.331 e. The summed E-state index contributed by atoms with van der Waals surface area (Å²) in [6, 6.07) is 0. The third-order valence-electron chi connectivity index (χ3n) is 1.77. The number of carboxylic acid groups (broad SMARTS) is 5. The second-order valence-electron chi connectivity index (χ2n) is 3.99. The van der Waals surface area contributed by atoms with E-state index in [-0.39, 0.29) is 37.9 Å². The molecule has 0 saturated heterocycles. The van der Waals surface area contributed by atoms with Gasteiger partial charge in [-0.2, -0.15) is 0 Å². The molecule has 0 spiro atoms. The van der Waals surface area contributed by atoms with Crippen molar-refractivity contribution >= 4 is 29.8 Å². The maximum atomic E-state index is 9.87. The van der Waals surface area contributed by atoms with Crippen molar-refractivity contribution < 1.29 is 54.6 Å². The molecule has 138 valence electrons. The molecule has 0 saturated carbocycles. The average Bonchev–Trinajstić information content (AvgIpc) is 2.38. The van der Waals surface area contributed by atoms with Crippen molar-refractivity contribution in [2.24, 2.45) is 0 Å². The van der Waals surface area contributed by atoms with E-state index in [2.05, 4.69) is 6.58 Å². The topological polar surface area (TPSA) is 207 Å². The van der Waals surface area contributed by atoms with Gasteiger partial charge >= 0.3 is 29.8 Å². The van der Waals surface area contributed by atoms with Gasteiger partial charge in [-0.25, -0.2) is 4.79 Å². The Morgan fingerprint density at radius 3 is 1.17 bits per heavy atom. The second kappa shape index (κ2) is 16.4. The Morgan fingerprint density at radius 1 is 0.667 bits per heavy atom. The molecular weight excluding hydrogens is 332 g/mol. The minimum Gasteiger partial charge on any atom is -0.481 e. The van der Waals surface area contributed by atoms with Crippen LogP contribution in [0.15, 0.2) is 12.2 Å². The van der Waals surface area contributed by atoms with Crippen molar-refractivity contribution in [3.05, 3.63) is 12.2 Å². The van der Waals surface area contributed by atoms with E-state index >= 15 is 0 Å². The van der Waals surface area contributed by atoms with Gasteiger partial charge in [-0.3, -0.25) is 19.2 Å². The molecule has 24 heavy (non-hydrogen) atoms. The van der Waals surface area contributed by atoms with E-state index < -0.39 is 36.3 Å². The Balaban J connectivity index is -0.000000282. The fourth-order valence-electron chi connectivity index (χ4n) is 0.745. The lowest BCUT2D eigenvalue weighted by atomic mass is 10.2. The normalized spacial score (nSPS) is 8.54. The summed E-state index contributed by atoms with van der Waals surface area (Å²) in [5.74, 6) is -5.30. The molecule has 0 bridgehead atoms. The molecule has 0 aromatic carbocycles. The summed E-state index contributed by atoms with van der Waals surface area (Å²) in [4.78, 5) is 48.7. The van der Waals surface area contributed by atoms with Gasteiger partial charge < -0.3 is 30.6 Å². The molecular formula is C13H20O11. The van der Waals surface area contributed by atoms with Crippen molar-refractivity contribution in [1.29, 1.82) is 0 Å². The maximum absolute atomic E-state index is 9.87. The number of carboxylic acids is 5. The van der Waals surface area contributed by atoms with Crippen LogP contribution >= 0.6 is 0 Å². The van der Waals surface area contributed by atoms with E-state index in [1.54, 1.807) is 0 Å². The van der Waals surface area contributed by atoms with Crippen LogP contribution in [0.4, 0.5) is 0 Å². The van der Waals surface area contributed by atoms with Crippen molar-refractivity contribution in [2.75, 3.05) is 6.61 Å². The number of carbonyl (C=O) groups is 5. The highest BCUT2D eigenvalue weighted by atomic mass is 16.4. The zero-order valence-electron chi connectivity index (χ0n) is 12.7. The van der Waals surface area contributed by atoms with Gasteiger partial charge in [0.2, 0.25) is 0 Å². The van der Waals surface area contributed by atoms with Crippen molar-refractivity contribution in [1.82, 2.24) is 0 Å². The first kappa shape index (κ1) is 26.0. The zero-order chi connectivity index (χ0) is 19.7. The SMILES string of the molecule is C=C(CC(=O)O)C(=O)O.O=C(O)CCCC(=O)O.O=C(O)CCO. The smallest absolute Gasteiger partial charge is 0.331 e. The molecule has 0 aromatic heterocycles. The third-order valence-corrected chi connectivity index (χ3v) is 1.77. The molecule has 0 radical (unpaired) electrons. The van der Waals surface area contributed by atoms with Gasteiger partial charge in [0.1, 0.15) is 0 Å². The quantitative estimate of drug-likeness (QED) is 0.301. The number of rotatable bonds is 9. The first-order chi connectivity index (χ1) is 10.9. The minimum absolute atomic E-state index is 0.0632. The standard InChI is InChI=1S/C5H6O4.C5H8O4.C3H6O3/c1-3(5(8)9)2-4(6)7;6-4(7)2-1-3-5(8)9;4-2-1-3(5)6/h1-2H2,(H,6,7)(H,8,9);1-3H2,(H,6,7)(H,8,9);4H,1-2H2,(H,5,6). The molecule has 0 amide bonds. The second-order valence-corrected chi connectivity index (χ2v) is 3.99. The van der Waals surface area contributed by atoms with Gasteiger partial charge in [-0.15, -0.1) is 0 Å². The lowest BCUT2D eigenvalue weighted by Crippen LogP contribution is -2.04. The van der Waals surface area contributed by atoms with E-state index in [1.165, 1.54) is 0 Å². The van der Waals surface area contributed by atoms with E-state index in [9.17, 15) is 24.0 Å². The lowest BCUT2D eigenvalue weighted by molar-refractivity contribution is -0.139. The molecule has 0 fully saturated rings. The Morgan fingerprint density at radius 2 is 1.04 bits per heavy atom. The van der Waals surface area contributed by atoms with Crippen LogP contribution in [0.1, 0.15) is 32.1 Å². The molecule has 0 aromatic rings. The Hall–Kier alpha value is -2.95. The number of hydrogen-bond donors (Lipinski definition) is 6. The molecule has 0 atom stereocenters. The monoisotopic (exact) mass is 352 g/mol. The van der Waals surface area contributed by atoms with Crippen LogP contribution in [-0.4, -0.2) is 67.1 Å². The molecule has 11 nitrogen and oxygen atoms in total. The van der Waals surface area contributed by atoms with Crippen LogP contribution in [0.2, 0.25) is 0 Å². The lowest BCUT2D eigenvalue weighted by Gasteiger charge is -1.91. The van der Waals surface area contributed by atoms with Crippen LogP contribution in [0.5, 0.6) is 0 Å². The molecule has 0 aliphatic carbocycles. The van der Waals surface area contributed by atoms with Crippen molar-refractivity contribution in [3.63, 3.8) is 0 Å². The molecule has 0 aliphatic rings. The van der Waals surface area contributed by atoms with Crippen LogP contribution < -0.4 is 0 Å². The predicted molar refractivity (Wildman–Crippen MR) is 77.5 cm³/mol. The largest absolute Gasteiger partial charge is 0.481 e. The van der Waals surface area contributed by atoms with Crippen LogP contribution in [0.25, 0.3) is 0 Å². The summed E-state index contributed by atoms with van der Waals surface area (Å²) in [5.41, 5.74) is -0.303. The molecule has 6 N–H and O–H groups in total. The summed E-state index contributed by atoms with van der Waals surface area (Å²) < 4.78 is 0. The Bertz CT molecular complexity index is 439.